The normalized spacial score (nSPS) is 20.8. The number of rotatable bonds is 7. The molecule has 3 N–H and O–H groups in total. The Morgan fingerprint density at radius 3 is 2.44 bits per heavy atom. The van der Waals surface area contributed by atoms with Crippen LogP contribution in [-0.2, 0) is 18.4 Å². The Hall–Kier alpha value is -4.63. The summed E-state index contributed by atoms with van der Waals surface area (Å²) in [5.74, 6) is 2.44. The van der Waals surface area contributed by atoms with Gasteiger partial charge in [0, 0.05) is 61.3 Å². The lowest BCUT2D eigenvalue weighted by molar-refractivity contribution is -0.114. The van der Waals surface area contributed by atoms with Crippen molar-refractivity contribution in [3.05, 3.63) is 66.2 Å². The van der Waals surface area contributed by atoms with E-state index in [0.29, 0.717) is 23.1 Å². The number of carbonyl (C=O) groups excluding carboxylic acids is 2. The van der Waals surface area contributed by atoms with Gasteiger partial charge in [-0.1, -0.05) is 24.3 Å². The summed E-state index contributed by atoms with van der Waals surface area (Å²) >= 11 is 0. The molecule has 9 heteroatoms. The number of nitrogens with zero attached hydrogens (tertiary/aromatic N) is 4. The fraction of sp³-hybridized carbons (Fsp3) is 0.361. The highest BCUT2D eigenvalue weighted by atomic mass is 16.5. The number of imidazole rings is 1. The van der Waals surface area contributed by atoms with Crippen LogP contribution in [0.3, 0.4) is 0 Å². The van der Waals surface area contributed by atoms with Crippen LogP contribution < -0.4 is 15.8 Å². The van der Waals surface area contributed by atoms with Crippen molar-refractivity contribution in [2.24, 2.45) is 24.6 Å². The van der Waals surface area contributed by atoms with Crippen LogP contribution in [-0.4, -0.2) is 56.6 Å². The molecule has 2 amide bonds. The van der Waals surface area contributed by atoms with Crippen molar-refractivity contribution in [2.75, 3.05) is 19.0 Å². The molecule has 3 aromatic carbocycles. The monoisotopic (exact) mass is 602 g/mol. The minimum absolute atomic E-state index is 0.00513. The number of ether oxygens (including phenoxy) is 1. The fourth-order valence-corrected chi connectivity index (χ4v) is 7.59. The Morgan fingerprint density at radius 2 is 1.78 bits per heavy atom. The van der Waals surface area contributed by atoms with Crippen LogP contribution in [0.4, 0.5) is 5.69 Å². The molecule has 3 unspecified atom stereocenters. The smallest absolute Gasteiger partial charge is 0.254 e. The average Bonchev–Trinajstić information content (AvgIpc) is 3.44. The van der Waals surface area contributed by atoms with E-state index in [1.54, 1.807) is 7.11 Å². The van der Waals surface area contributed by atoms with Crippen molar-refractivity contribution in [1.82, 2.24) is 19.0 Å². The largest absolute Gasteiger partial charge is 0.494 e. The molecule has 8 rings (SSSR count). The summed E-state index contributed by atoms with van der Waals surface area (Å²) in [5.41, 5.74) is 13.8. The highest BCUT2D eigenvalue weighted by Crippen LogP contribution is 2.41. The van der Waals surface area contributed by atoms with Crippen LogP contribution in [0.2, 0.25) is 0 Å². The summed E-state index contributed by atoms with van der Waals surface area (Å²) in [5, 5.41) is 3.99. The van der Waals surface area contributed by atoms with Crippen molar-refractivity contribution in [3.8, 4) is 28.4 Å². The van der Waals surface area contributed by atoms with E-state index in [1.807, 2.05) is 48.3 Å². The van der Waals surface area contributed by atoms with Crippen LogP contribution in [0.25, 0.3) is 44.6 Å². The van der Waals surface area contributed by atoms with Crippen molar-refractivity contribution >= 4 is 39.4 Å². The van der Waals surface area contributed by atoms with Crippen molar-refractivity contribution in [1.29, 1.82) is 0 Å². The van der Waals surface area contributed by atoms with E-state index >= 15 is 0 Å². The summed E-state index contributed by atoms with van der Waals surface area (Å²) in [4.78, 5) is 32.3. The van der Waals surface area contributed by atoms with Gasteiger partial charge in [0.05, 0.1) is 18.3 Å². The predicted molar refractivity (Wildman–Crippen MR) is 176 cm³/mol. The molecular weight excluding hydrogens is 564 g/mol. The van der Waals surface area contributed by atoms with Gasteiger partial charge in [-0.05, 0) is 85.0 Å². The zero-order chi connectivity index (χ0) is 31.0. The highest BCUT2D eigenvalue weighted by molar-refractivity contribution is 6.01. The number of aryl methyl sites for hydroxylation is 1. The first-order valence-electron chi connectivity index (χ1n) is 15.9. The minimum Gasteiger partial charge on any atom is -0.494 e. The first kappa shape index (κ1) is 27.9. The summed E-state index contributed by atoms with van der Waals surface area (Å²) in [7, 11) is 3.67. The van der Waals surface area contributed by atoms with Gasteiger partial charge in [0.15, 0.2) is 5.82 Å². The van der Waals surface area contributed by atoms with Crippen LogP contribution in [0.5, 0.6) is 5.75 Å². The van der Waals surface area contributed by atoms with Crippen molar-refractivity contribution < 1.29 is 14.3 Å². The number of hydrogen-bond acceptors (Lipinski definition) is 5. The number of methoxy groups -OCH3 is 1. The maximum atomic E-state index is 13.7. The quantitative estimate of drug-likeness (QED) is 0.245. The van der Waals surface area contributed by atoms with E-state index in [9.17, 15) is 9.59 Å². The zero-order valence-corrected chi connectivity index (χ0v) is 25.9. The Balaban J connectivity index is 1.20. The number of amides is 2. The van der Waals surface area contributed by atoms with Gasteiger partial charge in [0.25, 0.3) is 5.91 Å². The lowest BCUT2D eigenvalue weighted by Crippen LogP contribution is -2.41. The Bertz CT molecular complexity index is 1990. The number of aromatic nitrogens is 3. The van der Waals surface area contributed by atoms with E-state index in [0.717, 1.165) is 76.2 Å². The number of hydrogen-bond donors (Lipinski definition) is 2. The third-order valence-corrected chi connectivity index (χ3v) is 10.1. The van der Waals surface area contributed by atoms with Gasteiger partial charge in [0.2, 0.25) is 5.91 Å². The number of carbonyl (C=O) groups is 2. The van der Waals surface area contributed by atoms with Gasteiger partial charge in [0.1, 0.15) is 11.3 Å². The number of likely N-dealkylation sites (tertiary alicyclic amines) is 1. The van der Waals surface area contributed by atoms with Crippen molar-refractivity contribution in [3.63, 3.8) is 0 Å². The summed E-state index contributed by atoms with van der Waals surface area (Å²) in [6.45, 7) is 3.16. The number of anilines is 1. The molecule has 9 nitrogen and oxygen atoms in total. The Kier molecular flexibility index (Phi) is 6.49. The number of fused-ring (bicyclic) bond motifs is 4. The summed E-state index contributed by atoms with van der Waals surface area (Å²) in [6, 6.07) is 20.7. The molecule has 3 heterocycles. The predicted octanol–water partition coefficient (Wildman–Crippen LogP) is 5.80. The Morgan fingerprint density at radius 1 is 1.00 bits per heavy atom. The summed E-state index contributed by atoms with van der Waals surface area (Å²) < 4.78 is 10.4. The minimum atomic E-state index is -0.0832. The standard InChI is InChI=1S/C36H38N6O3/c1-20(43)38-27-11-8-22(9-12-27)23-6-7-24-16-31(41(30(24)15-23)18-21-4-5-21)35-39-28-14-26(17-32(45-3)34(28)40(35)2)36(44)42-19-25-10-13-29(42)33(25)37/h6-9,11-12,14-17,21,25,29,33H,4-5,10,13,18-19,37H2,1-3H3,(H,38,43). The molecule has 3 aliphatic rings. The van der Waals surface area contributed by atoms with Crippen molar-refractivity contribution in [2.45, 2.75) is 51.2 Å². The van der Waals surface area contributed by atoms with Gasteiger partial charge in [-0.15, -0.1) is 0 Å². The van der Waals surface area contributed by atoms with E-state index in [-0.39, 0.29) is 23.9 Å². The SMILES string of the molecule is COc1cc(C(=O)N2CC3CCC2C3N)cc2nc(-c3cc4ccc(-c5ccc(NC(C)=O)cc5)cc4n3CC3CC3)n(C)c12. The topological polar surface area (TPSA) is 107 Å². The molecule has 230 valence electrons. The van der Waals surface area contributed by atoms with Crippen LogP contribution in [0.1, 0.15) is 43.0 Å². The average molecular weight is 603 g/mol. The Labute approximate surface area is 262 Å². The summed E-state index contributed by atoms with van der Waals surface area (Å²) in [6.07, 6.45) is 4.53. The fourth-order valence-electron chi connectivity index (χ4n) is 7.59. The van der Waals surface area contributed by atoms with Gasteiger partial charge < -0.3 is 29.8 Å². The van der Waals surface area contributed by atoms with E-state index in [1.165, 1.54) is 19.8 Å². The third kappa shape index (κ3) is 4.68. The maximum absolute atomic E-state index is 13.7. The lowest BCUT2D eigenvalue weighted by atomic mass is 10.0. The number of piperidine rings is 1. The first-order valence-corrected chi connectivity index (χ1v) is 15.9. The van der Waals surface area contributed by atoms with Crippen LogP contribution in [0.15, 0.2) is 60.7 Å². The highest BCUT2D eigenvalue weighted by Gasteiger charge is 2.47. The van der Waals surface area contributed by atoms with Gasteiger partial charge >= 0.3 is 0 Å². The number of benzene rings is 3. The van der Waals surface area contributed by atoms with E-state index < -0.39 is 0 Å². The molecule has 45 heavy (non-hydrogen) atoms. The molecule has 3 atom stereocenters. The van der Waals surface area contributed by atoms with Gasteiger partial charge in [-0.25, -0.2) is 4.98 Å². The molecule has 0 radical (unpaired) electrons. The second-order valence-corrected chi connectivity index (χ2v) is 13.1. The molecule has 3 fully saturated rings. The molecule has 2 aliphatic carbocycles. The second-order valence-electron chi connectivity index (χ2n) is 13.1. The van der Waals surface area contributed by atoms with E-state index in [4.69, 9.17) is 15.5 Å². The molecule has 2 aromatic heterocycles. The molecule has 5 aromatic rings. The van der Waals surface area contributed by atoms with E-state index in [2.05, 4.69) is 38.7 Å². The first-order chi connectivity index (χ1) is 21.8. The number of nitrogens with one attached hydrogen (secondary N) is 1. The molecule has 2 saturated carbocycles. The maximum Gasteiger partial charge on any atom is 0.254 e. The van der Waals surface area contributed by atoms with Crippen LogP contribution in [0, 0.1) is 11.8 Å². The van der Waals surface area contributed by atoms with Crippen LogP contribution >= 0.6 is 0 Å². The van der Waals surface area contributed by atoms with Gasteiger partial charge in [-0.2, -0.15) is 0 Å². The van der Waals surface area contributed by atoms with Gasteiger partial charge in [-0.3, -0.25) is 9.59 Å². The lowest BCUT2D eigenvalue weighted by Gasteiger charge is -2.27. The molecule has 1 saturated heterocycles. The zero-order valence-electron chi connectivity index (χ0n) is 25.9. The molecule has 1 aliphatic heterocycles. The molecular formula is C36H38N6O3. The molecule has 0 spiro atoms. The second kappa shape index (κ2) is 10.5. The molecule has 2 bridgehead atoms. The number of nitrogens with two attached hydrogens (primary N) is 1. The third-order valence-electron chi connectivity index (χ3n) is 10.1.